The molecule has 12 heteroatoms. The fraction of sp³-hybridized carbons (Fsp3) is 0.379. The van der Waals surface area contributed by atoms with Crippen LogP contribution in [0.3, 0.4) is 0 Å². The van der Waals surface area contributed by atoms with Crippen LogP contribution < -0.4 is 9.47 Å². The first-order chi connectivity index (χ1) is 19.4. The summed E-state index contributed by atoms with van der Waals surface area (Å²) >= 11 is 1.29. The summed E-state index contributed by atoms with van der Waals surface area (Å²) in [6, 6.07) is 6.04. The number of amidine groups is 1. The lowest BCUT2D eigenvalue weighted by molar-refractivity contribution is -0.143. The molecule has 1 aliphatic carbocycles. The van der Waals surface area contributed by atoms with Crippen LogP contribution in [-0.2, 0) is 23.8 Å². The minimum Gasteiger partial charge on any atom is -0.493 e. The van der Waals surface area contributed by atoms with Gasteiger partial charge in [0, 0.05) is 18.7 Å². The van der Waals surface area contributed by atoms with Gasteiger partial charge in [-0.05, 0) is 79.3 Å². The number of benzene rings is 2. The van der Waals surface area contributed by atoms with Crippen molar-refractivity contribution in [3.05, 3.63) is 75.2 Å². The van der Waals surface area contributed by atoms with Gasteiger partial charge >= 0.3 is 12.4 Å². The maximum atomic E-state index is 13.5. The molecule has 0 spiro atoms. The number of allylic oxidation sites excluding steroid dienone is 1. The zero-order valence-electron chi connectivity index (χ0n) is 21.9. The number of likely N-dealkylation sites (tertiary alicyclic amines) is 1. The summed E-state index contributed by atoms with van der Waals surface area (Å²) in [6.45, 7) is 0.970. The molecule has 2 aromatic rings. The van der Waals surface area contributed by atoms with Crippen molar-refractivity contribution in [3.8, 4) is 11.5 Å². The van der Waals surface area contributed by atoms with Gasteiger partial charge in [-0.2, -0.15) is 31.3 Å². The number of amides is 1. The molecule has 218 valence electrons. The van der Waals surface area contributed by atoms with E-state index in [-0.39, 0.29) is 23.5 Å². The van der Waals surface area contributed by atoms with Gasteiger partial charge in [0.2, 0.25) is 0 Å². The summed E-state index contributed by atoms with van der Waals surface area (Å²) in [6.07, 6.45) is -1.42. The van der Waals surface area contributed by atoms with Crippen LogP contribution in [0.2, 0.25) is 0 Å². The second-order valence-corrected chi connectivity index (χ2v) is 11.0. The summed E-state index contributed by atoms with van der Waals surface area (Å²) in [5.41, 5.74) is -1.28. The van der Waals surface area contributed by atoms with Crippen LogP contribution in [0, 0.1) is 5.92 Å². The predicted octanol–water partition coefficient (Wildman–Crippen LogP) is 7.71. The van der Waals surface area contributed by atoms with Crippen molar-refractivity contribution in [3.63, 3.8) is 0 Å². The Kier molecular flexibility index (Phi) is 8.13. The number of methoxy groups -OCH3 is 1. The summed E-state index contributed by atoms with van der Waals surface area (Å²) in [7, 11) is 1.35. The van der Waals surface area contributed by atoms with Gasteiger partial charge in [-0.15, -0.1) is 0 Å². The lowest BCUT2D eigenvalue weighted by Crippen LogP contribution is -2.38. The van der Waals surface area contributed by atoms with E-state index in [0.717, 1.165) is 32.0 Å². The van der Waals surface area contributed by atoms with Crippen LogP contribution in [0.1, 0.15) is 47.9 Å². The second-order valence-electron chi connectivity index (χ2n) is 9.99. The van der Waals surface area contributed by atoms with Crippen molar-refractivity contribution in [1.82, 2.24) is 4.90 Å². The number of rotatable bonds is 5. The van der Waals surface area contributed by atoms with E-state index in [9.17, 15) is 31.1 Å². The average Bonchev–Trinajstić information content (AvgIpc) is 3.30. The van der Waals surface area contributed by atoms with Gasteiger partial charge in [-0.1, -0.05) is 23.8 Å². The molecular formula is C29H26F6N2O3S. The molecule has 0 saturated carbocycles. The minimum atomic E-state index is -5.00. The summed E-state index contributed by atoms with van der Waals surface area (Å²) < 4.78 is 90.2. The van der Waals surface area contributed by atoms with E-state index in [1.165, 1.54) is 43.4 Å². The molecule has 0 aromatic heterocycles. The van der Waals surface area contributed by atoms with Gasteiger partial charge < -0.3 is 14.4 Å². The van der Waals surface area contributed by atoms with Crippen LogP contribution in [0.15, 0.2) is 57.9 Å². The zero-order chi connectivity index (χ0) is 29.4. The third-order valence-corrected chi connectivity index (χ3v) is 8.34. The SMILES string of the molecule is COc1cc(/C=C2/SC(N3CCC4CCCC=C4C3)=NC2=O)ccc1OCc1ccc(C(F)(F)F)cc1C(F)(F)F. The number of hydrogen-bond donors (Lipinski definition) is 0. The number of carbonyl (C=O) groups is 1. The number of thioether (sulfide) groups is 1. The lowest BCUT2D eigenvalue weighted by atomic mass is 9.83. The Hall–Kier alpha value is -3.41. The number of hydrogen-bond acceptors (Lipinski definition) is 5. The smallest absolute Gasteiger partial charge is 0.416 e. The van der Waals surface area contributed by atoms with E-state index in [1.54, 1.807) is 18.2 Å². The summed E-state index contributed by atoms with van der Waals surface area (Å²) in [5, 5.41) is 0.662. The first kappa shape index (κ1) is 29.1. The van der Waals surface area contributed by atoms with E-state index < -0.39 is 35.6 Å². The van der Waals surface area contributed by atoms with Crippen molar-refractivity contribution in [2.24, 2.45) is 10.9 Å². The van der Waals surface area contributed by atoms with Crippen LogP contribution >= 0.6 is 11.8 Å². The van der Waals surface area contributed by atoms with Gasteiger partial charge in [0.25, 0.3) is 5.91 Å². The van der Waals surface area contributed by atoms with Gasteiger partial charge in [0.05, 0.1) is 23.1 Å². The number of aliphatic imine (C=N–C) groups is 1. The number of fused-ring (bicyclic) bond motifs is 1. The average molecular weight is 597 g/mol. The topological polar surface area (TPSA) is 51.1 Å². The molecule has 1 unspecified atom stereocenters. The van der Waals surface area contributed by atoms with Crippen molar-refractivity contribution in [2.75, 3.05) is 20.2 Å². The normalized spacial score (nSPS) is 20.6. The molecule has 2 aromatic carbocycles. The zero-order valence-corrected chi connectivity index (χ0v) is 22.8. The van der Waals surface area contributed by atoms with Gasteiger partial charge in [0.15, 0.2) is 16.7 Å². The molecule has 5 rings (SSSR count). The largest absolute Gasteiger partial charge is 0.493 e. The van der Waals surface area contributed by atoms with Crippen LogP contribution in [0.25, 0.3) is 6.08 Å². The Balaban J connectivity index is 1.29. The molecule has 0 radical (unpaired) electrons. The molecule has 2 heterocycles. The van der Waals surface area contributed by atoms with E-state index in [2.05, 4.69) is 16.0 Å². The number of piperidine rings is 1. The molecule has 3 aliphatic rings. The molecular weight excluding hydrogens is 570 g/mol. The maximum Gasteiger partial charge on any atom is 0.416 e. The number of alkyl halides is 6. The van der Waals surface area contributed by atoms with Crippen molar-refractivity contribution in [1.29, 1.82) is 0 Å². The molecule has 1 amide bonds. The van der Waals surface area contributed by atoms with Crippen LogP contribution in [-0.4, -0.2) is 36.2 Å². The molecule has 41 heavy (non-hydrogen) atoms. The number of nitrogens with zero attached hydrogens (tertiary/aromatic N) is 2. The van der Waals surface area contributed by atoms with E-state index >= 15 is 0 Å². The van der Waals surface area contributed by atoms with Crippen molar-refractivity contribution >= 4 is 28.9 Å². The molecule has 5 nitrogen and oxygen atoms in total. The Morgan fingerprint density at radius 1 is 1.05 bits per heavy atom. The number of halogens is 6. The Morgan fingerprint density at radius 2 is 1.85 bits per heavy atom. The third-order valence-electron chi connectivity index (χ3n) is 7.30. The van der Waals surface area contributed by atoms with Crippen molar-refractivity contribution < 1.29 is 40.6 Å². The molecule has 0 bridgehead atoms. The predicted molar refractivity (Wildman–Crippen MR) is 143 cm³/mol. The number of ether oxygens (including phenoxy) is 2. The van der Waals surface area contributed by atoms with Crippen LogP contribution in [0.5, 0.6) is 11.5 Å². The first-order valence-corrected chi connectivity index (χ1v) is 13.8. The van der Waals surface area contributed by atoms with E-state index in [4.69, 9.17) is 9.47 Å². The molecule has 2 aliphatic heterocycles. The molecule has 0 N–H and O–H groups in total. The highest BCUT2D eigenvalue weighted by Gasteiger charge is 2.38. The Morgan fingerprint density at radius 3 is 2.59 bits per heavy atom. The molecule has 1 atom stereocenters. The van der Waals surface area contributed by atoms with Gasteiger partial charge in [0.1, 0.15) is 6.61 Å². The minimum absolute atomic E-state index is 0.0755. The lowest BCUT2D eigenvalue weighted by Gasteiger charge is -2.36. The highest BCUT2D eigenvalue weighted by molar-refractivity contribution is 8.18. The standard InChI is InChI=1S/C29H26F6N2O3S/c1-39-24-12-17(13-25-26(38)36-27(41-25)37-11-10-18-4-2-3-5-19(18)15-37)6-9-23(24)40-16-20-7-8-21(28(30,31)32)14-22(20)29(33,34)35/h5-9,12-14,18H,2-4,10-11,15-16H2,1H3/b25-13+. The Labute approximate surface area is 236 Å². The highest BCUT2D eigenvalue weighted by Crippen LogP contribution is 2.40. The molecule has 1 saturated heterocycles. The van der Waals surface area contributed by atoms with E-state index in [1.807, 2.05) is 0 Å². The van der Waals surface area contributed by atoms with E-state index in [0.29, 0.717) is 27.6 Å². The quantitative estimate of drug-likeness (QED) is 0.201. The maximum absolute atomic E-state index is 13.5. The number of carbonyl (C=O) groups excluding carboxylic acids is 1. The first-order valence-electron chi connectivity index (χ1n) is 13.0. The van der Waals surface area contributed by atoms with Crippen molar-refractivity contribution in [2.45, 2.75) is 44.6 Å². The van der Waals surface area contributed by atoms with Crippen LogP contribution in [0.4, 0.5) is 26.3 Å². The second kappa shape index (κ2) is 11.5. The highest BCUT2D eigenvalue weighted by atomic mass is 32.2. The fourth-order valence-corrected chi connectivity index (χ4v) is 6.12. The molecule has 1 fully saturated rings. The fourth-order valence-electron chi connectivity index (χ4n) is 5.18. The summed E-state index contributed by atoms with van der Waals surface area (Å²) in [5.74, 6) is 0.535. The summed E-state index contributed by atoms with van der Waals surface area (Å²) in [4.78, 5) is 19.5. The third kappa shape index (κ3) is 6.58. The van der Waals surface area contributed by atoms with Gasteiger partial charge in [-0.25, -0.2) is 0 Å². The Bertz CT molecular complexity index is 1430. The monoisotopic (exact) mass is 596 g/mol. The van der Waals surface area contributed by atoms with Gasteiger partial charge in [-0.3, -0.25) is 4.79 Å².